The van der Waals surface area contributed by atoms with Gasteiger partial charge in [0.05, 0.1) is 22.5 Å². The van der Waals surface area contributed by atoms with E-state index in [9.17, 15) is 24.0 Å². The van der Waals surface area contributed by atoms with Gasteiger partial charge < -0.3 is 31.9 Å². The van der Waals surface area contributed by atoms with E-state index < -0.39 is 6.03 Å². The van der Waals surface area contributed by atoms with Crippen LogP contribution in [0.3, 0.4) is 0 Å². The maximum atomic E-state index is 13.7. The van der Waals surface area contributed by atoms with E-state index in [1.165, 1.54) is 179 Å². The first-order valence-electron chi connectivity index (χ1n) is 28.3. The van der Waals surface area contributed by atoms with Gasteiger partial charge in [0.15, 0.2) is 0 Å². The van der Waals surface area contributed by atoms with Gasteiger partial charge in [0.2, 0.25) is 0 Å². The molecule has 0 fully saturated rings. The Kier molecular flexibility index (Phi) is 33.6. The molecule has 1 aliphatic heterocycles. The highest BCUT2D eigenvalue weighted by molar-refractivity contribution is 6.11. The Morgan fingerprint density at radius 3 is 1.30 bits per heavy atom. The lowest BCUT2D eigenvalue weighted by atomic mass is 10.0. The summed E-state index contributed by atoms with van der Waals surface area (Å²) >= 11 is 0. The van der Waals surface area contributed by atoms with Gasteiger partial charge in [-0.15, -0.1) is 0 Å². The van der Waals surface area contributed by atoms with E-state index in [0.717, 1.165) is 51.4 Å². The molecule has 0 radical (unpaired) electrons. The second kappa shape index (κ2) is 39.3. The Balaban J connectivity index is 1.47. The monoisotopic (exact) mass is 957 g/mol. The van der Waals surface area contributed by atoms with Gasteiger partial charge in [-0.3, -0.25) is 19.2 Å². The second-order valence-electron chi connectivity index (χ2n) is 19.8. The minimum atomic E-state index is -0.719. The van der Waals surface area contributed by atoms with Gasteiger partial charge in [0, 0.05) is 37.3 Å². The van der Waals surface area contributed by atoms with Crippen molar-refractivity contribution < 1.29 is 24.0 Å². The largest absolute Gasteiger partial charge is 0.352 e. The molecule has 6 amide bonds. The smallest absolute Gasteiger partial charge is 0.323 e. The van der Waals surface area contributed by atoms with Gasteiger partial charge in [0.25, 0.3) is 23.6 Å². The first-order chi connectivity index (χ1) is 33.8. The van der Waals surface area contributed by atoms with Crippen LogP contribution in [0.4, 0.5) is 16.2 Å². The number of hydrogen-bond acceptors (Lipinski definition) is 5. The third kappa shape index (κ3) is 27.5. The SMILES string of the molecule is CCCCCCCCCCCCCCCCCCNC(=O)c1ccc2c(c1)NC(=O)Nc1cc(ccc1C(=O)NCCCCCCCCCCCCCCCCCC)C(=O)NCCCCCNC2=O. The van der Waals surface area contributed by atoms with Crippen molar-refractivity contribution in [3.63, 3.8) is 0 Å². The average Bonchev–Trinajstić information content (AvgIpc) is 3.35. The lowest BCUT2D eigenvalue weighted by Crippen LogP contribution is -2.30. The van der Waals surface area contributed by atoms with Gasteiger partial charge in [-0.1, -0.05) is 206 Å². The Bertz CT molecular complexity index is 1730. The molecule has 388 valence electrons. The molecule has 2 aromatic rings. The Morgan fingerprint density at radius 2 is 0.841 bits per heavy atom. The molecule has 0 aliphatic carbocycles. The molecular weight excluding hydrogens is 861 g/mol. The fourth-order valence-corrected chi connectivity index (χ4v) is 9.22. The molecule has 0 spiro atoms. The number of amides is 6. The Hall–Kier alpha value is -4.41. The van der Waals surface area contributed by atoms with Crippen molar-refractivity contribution in [3.8, 4) is 0 Å². The van der Waals surface area contributed by atoms with Crippen LogP contribution in [0.2, 0.25) is 0 Å². The molecule has 69 heavy (non-hydrogen) atoms. The topological polar surface area (TPSA) is 158 Å². The summed E-state index contributed by atoms with van der Waals surface area (Å²) in [6.45, 7) is 6.44. The zero-order valence-electron chi connectivity index (χ0n) is 43.6. The number of fused-ring (bicyclic) bond motifs is 3. The molecule has 0 unspecified atom stereocenters. The van der Waals surface area contributed by atoms with E-state index in [2.05, 4.69) is 45.7 Å². The van der Waals surface area contributed by atoms with Crippen LogP contribution in [0.1, 0.15) is 280 Å². The molecule has 6 N–H and O–H groups in total. The molecular formula is C58H96N6O5. The third-order valence-corrected chi connectivity index (χ3v) is 13.6. The molecule has 0 aromatic heterocycles. The fourth-order valence-electron chi connectivity index (χ4n) is 9.22. The predicted molar refractivity (Wildman–Crippen MR) is 288 cm³/mol. The number of rotatable bonds is 36. The van der Waals surface area contributed by atoms with Gasteiger partial charge in [-0.2, -0.15) is 0 Å². The van der Waals surface area contributed by atoms with Crippen LogP contribution in [0, 0.1) is 0 Å². The highest BCUT2D eigenvalue weighted by atomic mass is 16.2. The number of hydrogen-bond donors (Lipinski definition) is 6. The van der Waals surface area contributed by atoms with Crippen LogP contribution < -0.4 is 31.9 Å². The van der Waals surface area contributed by atoms with Crippen LogP contribution in [-0.4, -0.2) is 55.8 Å². The number of nitrogens with one attached hydrogen (secondary N) is 6. The van der Waals surface area contributed by atoms with Gasteiger partial charge in [-0.05, 0) is 68.5 Å². The van der Waals surface area contributed by atoms with Crippen molar-refractivity contribution in [2.45, 2.75) is 239 Å². The second-order valence-corrected chi connectivity index (χ2v) is 19.8. The van der Waals surface area contributed by atoms with Crippen LogP contribution in [0.5, 0.6) is 0 Å². The fraction of sp³-hybridized carbons (Fsp3) is 0.707. The standard InChI is InChI=1S/C58H96N6O5/c1-3-5-7-9-11-13-15-17-19-21-23-25-27-29-31-34-42-59-54(65)48-38-41-51-53(46-48)64-58(69)63-52-47-49(55(66)60-43-36-33-37-45-62-57(51)68)39-40-50(52)56(67)61-44-35-32-30-28-26-24-22-20-18-16-14-12-10-8-6-4-2/h38-41,46-47H,3-37,42-45H2,1-2H3,(H,59,65)(H,60,66)(H,61,67)(H,62,68)(H2,63,64,69). The van der Waals surface area contributed by atoms with Crippen molar-refractivity contribution in [1.29, 1.82) is 0 Å². The molecule has 0 atom stereocenters. The highest BCUT2D eigenvalue weighted by Gasteiger charge is 2.20. The number of unbranched alkanes of at least 4 members (excludes halogenated alkanes) is 30. The van der Waals surface area contributed by atoms with Crippen molar-refractivity contribution in [3.05, 3.63) is 58.7 Å². The summed E-state index contributed by atoms with van der Waals surface area (Å²) in [5.74, 6) is -1.32. The number of carbonyl (C=O) groups is 5. The maximum absolute atomic E-state index is 13.7. The molecule has 0 saturated carbocycles. The Labute approximate surface area is 418 Å². The first kappa shape index (κ1) is 58.9. The molecule has 0 saturated heterocycles. The van der Waals surface area contributed by atoms with Gasteiger partial charge in [-0.25, -0.2) is 4.79 Å². The van der Waals surface area contributed by atoms with Crippen molar-refractivity contribution in [1.82, 2.24) is 21.3 Å². The molecule has 11 heteroatoms. The Morgan fingerprint density at radius 1 is 0.435 bits per heavy atom. The summed E-state index contributed by atoms with van der Waals surface area (Å²) in [4.78, 5) is 67.2. The van der Waals surface area contributed by atoms with Crippen molar-refractivity contribution in [2.24, 2.45) is 0 Å². The third-order valence-electron chi connectivity index (χ3n) is 13.6. The van der Waals surface area contributed by atoms with Gasteiger partial charge in [0.1, 0.15) is 0 Å². The van der Waals surface area contributed by atoms with Crippen molar-refractivity contribution in [2.75, 3.05) is 36.8 Å². The quantitative estimate of drug-likeness (QED) is 0.0375. The molecule has 3 rings (SSSR count). The first-order valence-corrected chi connectivity index (χ1v) is 28.3. The minimum Gasteiger partial charge on any atom is -0.352 e. The summed E-state index contributed by atoms with van der Waals surface area (Å²) in [6.07, 6.45) is 43.2. The van der Waals surface area contributed by atoms with Crippen LogP contribution in [0.15, 0.2) is 36.4 Å². The van der Waals surface area contributed by atoms with Crippen molar-refractivity contribution >= 4 is 41.0 Å². The summed E-state index contributed by atoms with van der Waals surface area (Å²) in [5.41, 5.74) is 1.38. The summed E-state index contributed by atoms with van der Waals surface area (Å²) in [7, 11) is 0. The predicted octanol–water partition coefficient (Wildman–Crippen LogP) is 15.0. The molecule has 1 aliphatic rings. The normalized spacial score (nSPS) is 13.4. The summed E-state index contributed by atoms with van der Waals surface area (Å²) in [6, 6.07) is 8.62. The number of carbonyl (C=O) groups excluding carboxylic acids is 5. The lowest BCUT2D eigenvalue weighted by molar-refractivity contribution is 0.0940. The minimum absolute atomic E-state index is 0.160. The highest BCUT2D eigenvalue weighted by Crippen LogP contribution is 2.23. The van der Waals surface area contributed by atoms with Gasteiger partial charge >= 0.3 is 6.03 Å². The van der Waals surface area contributed by atoms with E-state index in [-0.39, 0.29) is 46.1 Å². The van der Waals surface area contributed by atoms with E-state index in [1.807, 2.05) is 0 Å². The zero-order valence-corrected chi connectivity index (χ0v) is 43.6. The molecule has 11 nitrogen and oxygen atoms in total. The lowest BCUT2D eigenvalue weighted by Gasteiger charge is -2.16. The van der Waals surface area contributed by atoms with E-state index in [1.54, 1.807) is 24.3 Å². The van der Waals surface area contributed by atoms with Crippen LogP contribution in [0.25, 0.3) is 0 Å². The van der Waals surface area contributed by atoms with E-state index in [4.69, 9.17) is 0 Å². The summed E-state index contributed by atoms with van der Waals surface area (Å²) in [5, 5.41) is 17.4. The summed E-state index contributed by atoms with van der Waals surface area (Å²) < 4.78 is 0. The average molecular weight is 957 g/mol. The maximum Gasteiger partial charge on any atom is 0.323 e. The zero-order chi connectivity index (χ0) is 49.4. The number of urea groups is 1. The number of benzene rings is 2. The molecule has 2 bridgehead atoms. The van der Waals surface area contributed by atoms with E-state index in [0.29, 0.717) is 43.7 Å². The molecule has 1 heterocycles. The molecule has 2 aromatic carbocycles. The van der Waals surface area contributed by atoms with Crippen LogP contribution >= 0.6 is 0 Å². The number of anilines is 2. The van der Waals surface area contributed by atoms with E-state index >= 15 is 0 Å². The van der Waals surface area contributed by atoms with Crippen LogP contribution in [-0.2, 0) is 0 Å².